The highest BCUT2D eigenvalue weighted by Crippen LogP contribution is 2.21. The Kier molecular flexibility index (Phi) is 38.0. The SMILES string of the molecule is CC(C)(C)N[C@@H](CCCCNC(=O)COCCOCCNC(=O)COCCOCCNC(=O)CC[C@H](NC(=O)CCCCCCCCCCCCCCCCC(=O)O)C(=O)O)C(=O)C(C)(C)C. The minimum absolute atomic E-state index is 0.0273. The lowest BCUT2D eigenvalue weighted by molar-refractivity contribution is -0.142. The monoisotopic (exact) mass is 958 g/mol. The van der Waals surface area contributed by atoms with Gasteiger partial charge in [0.1, 0.15) is 19.3 Å². The summed E-state index contributed by atoms with van der Waals surface area (Å²) in [6.45, 7) is 14.0. The summed E-state index contributed by atoms with van der Waals surface area (Å²) in [5.41, 5.74) is -0.612. The second-order valence-corrected chi connectivity index (χ2v) is 19.3. The summed E-state index contributed by atoms with van der Waals surface area (Å²) >= 11 is 0. The average molecular weight is 958 g/mol. The van der Waals surface area contributed by atoms with Gasteiger partial charge in [0.15, 0.2) is 5.78 Å². The number of Topliss-reactive ketones (excluding diaryl/α,β-unsaturated/α-hetero) is 1. The van der Waals surface area contributed by atoms with Crippen LogP contribution in [0.3, 0.4) is 0 Å². The van der Waals surface area contributed by atoms with E-state index in [0.29, 0.717) is 19.4 Å². The van der Waals surface area contributed by atoms with Crippen LogP contribution in [-0.4, -0.2) is 142 Å². The molecule has 0 aromatic rings. The molecule has 0 aliphatic heterocycles. The van der Waals surface area contributed by atoms with Crippen molar-refractivity contribution in [2.75, 3.05) is 72.5 Å². The highest BCUT2D eigenvalue weighted by atomic mass is 16.5. The molecule has 0 aliphatic carbocycles. The second-order valence-electron chi connectivity index (χ2n) is 19.3. The molecular formula is C49H91N5O13. The Hall–Kier alpha value is -3.71. The number of hydrogen-bond donors (Lipinski definition) is 7. The van der Waals surface area contributed by atoms with Gasteiger partial charge in [0.2, 0.25) is 23.6 Å². The van der Waals surface area contributed by atoms with Gasteiger partial charge in [-0.05, 0) is 59.3 Å². The number of carbonyl (C=O) groups is 7. The van der Waals surface area contributed by atoms with E-state index in [1.165, 1.54) is 44.9 Å². The molecule has 0 aromatic heterocycles. The fourth-order valence-electron chi connectivity index (χ4n) is 6.98. The molecule has 18 nitrogen and oxygen atoms in total. The minimum atomic E-state index is -1.18. The number of aliphatic carboxylic acids is 2. The van der Waals surface area contributed by atoms with Crippen molar-refractivity contribution in [3.8, 4) is 0 Å². The number of nitrogens with one attached hydrogen (secondary N) is 5. The zero-order valence-corrected chi connectivity index (χ0v) is 42.2. The largest absolute Gasteiger partial charge is 0.481 e. The molecule has 0 saturated heterocycles. The number of unbranched alkanes of at least 4 members (excludes halogenated alkanes) is 14. The molecule has 0 unspecified atom stereocenters. The molecule has 0 fully saturated rings. The Morgan fingerprint density at radius 1 is 0.433 bits per heavy atom. The smallest absolute Gasteiger partial charge is 0.326 e. The normalized spacial score (nSPS) is 12.6. The summed E-state index contributed by atoms with van der Waals surface area (Å²) in [5.74, 6) is -2.93. The molecule has 0 aliphatic rings. The first-order valence-electron chi connectivity index (χ1n) is 25.0. The van der Waals surface area contributed by atoms with E-state index in [-0.39, 0.29) is 133 Å². The van der Waals surface area contributed by atoms with Crippen LogP contribution in [0, 0.1) is 5.41 Å². The molecule has 0 bridgehead atoms. The Bertz CT molecular complexity index is 1370. The number of carbonyl (C=O) groups excluding carboxylic acids is 5. The first-order valence-corrected chi connectivity index (χ1v) is 25.0. The van der Waals surface area contributed by atoms with Gasteiger partial charge in [0, 0.05) is 49.9 Å². The van der Waals surface area contributed by atoms with E-state index >= 15 is 0 Å². The topological polar surface area (TPSA) is 257 Å². The van der Waals surface area contributed by atoms with Gasteiger partial charge in [-0.25, -0.2) is 4.79 Å². The number of ketones is 1. The van der Waals surface area contributed by atoms with Crippen LogP contribution in [0.15, 0.2) is 0 Å². The van der Waals surface area contributed by atoms with E-state index in [0.717, 1.165) is 51.4 Å². The number of rotatable bonds is 45. The van der Waals surface area contributed by atoms with E-state index in [4.69, 9.17) is 24.1 Å². The van der Waals surface area contributed by atoms with E-state index in [9.17, 15) is 38.7 Å². The number of hydrogen-bond acceptors (Lipinski definition) is 12. The lowest BCUT2D eigenvalue weighted by atomic mass is 9.84. The standard InChI is InChI=1S/C49H91N5O13/c1-48(2,3)46(61)39(54-49(4,5)6)23-21-22-28-50-43(57)37-66-35-34-65-32-30-52-44(58)38-67-36-33-64-31-29-51-41(55)27-26-40(47(62)63)53-42(56)24-19-17-15-13-11-9-7-8-10-12-14-16-18-20-25-45(59)60/h39-40,54H,7-38H2,1-6H3,(H,50,57)(H,51,55)(H,52,58)(H,53,56)(H,59,60)(H,62,63)/t39-,40-/m0/s1. The molecule has 67 heavy (non-hydrogen) atoms. The van der Waals surface area contributed by atoms with Gasteiger partial charge in [-0.2, -0.15) is 0 Å². The highest BCUT2D eigenvalue weighted by molar-refractivity contribution is 5.88. The Morgan fingerprint density at radius 3 is 1.31 bits per heavy atom. The first-order chi connectivity index (χ1) is 31.8. The Labute approximate surface area is 401 Å². The average Bonchev–Trinajstić information content (AvgIpc) is 3.24. The fraction of sp³-hybridized carbons (Fsp3) is 0.857. The fourth-order valence-corrected chi connectivity index (χ4v) is 6.98. The number of carboxylic acids is 2. The first kappa shape index (κ1) is 63.3. The van der Waals surface area contributed by atoms with Crippen molar-refractivity contribution >= 4 is 41.4 Å². The summed E-state index contributed by atoms with van der Waals surface area (Å²) in [6, 6.07) is -1.38. The van der Waals surface area contributed by atoms with Crippen molar-refractivity contribution in [1.82, 2.24) is 26.6 Å². The lowest BCUT2D eigenvalue weighted by Crippen LogP contribution is -2.50. The lowest BCUT2D eigenvalue weighted by Gasteiger charge is -2.31. The van der Waals surface area contributed by atoms with Crippen LogP contribution in [0.4, 0.5) is 0 Å². The molecular weight excluding hydrogens is 867 g/mol. The van der Waals surface area contributed by atoms with Crippen LogP contribution in [0.1, 0.15) is 176 Å². The van der Waals surface area contributed by atoms with Crippen molar-refractivity contribution in [1.29, 1.82) is 0 Å². The van der Waals surface area contributed by atoms with Gasteiger partial charge in [-0.3, -0.25) is 28.8 Å². The molecule has 0 heterocycles. The predicted molar refractivity (Wildman–Crippen MR) is 258 cm³/mol. The molecule has 0 spiro atoms. The van der Waals surface area contributed by atoms with Gasteiger partial charge >= 0.3 is 11.9 Å². The molecule has 0 saturated carbocycles. The zero-order valence-electron chi connectivity index (χ0n) is 42.2. The van der Waals surface area contributed by atoms with Crippen molar-refractivity contribution in [3.05, 3.63) is 0 Å². The van der Waals surface area contributed by atoms with E-state index in [1.54, 1.807) is 0 Å². The molecule has 18 heteroatoms. The van der Waals surface area contributed by atoms with E-state index in [1.807, 2.05) is 41.5 Å². The molecule has 0 aromatic carbocycles. The predicted octanol–water partition coefficient (Wildman–Crippen LogP) is 5.62. The third-order valence-corrected chi connectivity index (χ3v) is 10.6. The molecule has 390 valence electrons. The molecule has 0 radical (unpaired) electrons. The van der Waals surface area contributed by atoms with E-state index < -0.39 is 23.4 Å². The van der Waals surface area contributed by atoms with Gasteiger partial charge < -0.3 is 55.7 Å². The third kappa shape index (κ3) is 42.2. The molecule has 0 rings (SSSR count). The van der Waals surface area contributed by atoms with Crippen molar-refractivity contribution in [2.45, 2.75) is 194 Å². The van der Waals surface area contributed by atoms with Crippen LogP contribution in [0.5, 0.6) is 0 Å². The van der Waals surface area contributed by atoms with Gasteiger partial charge in [-0.1, -0.05) is 97.8 Å². The molecule has 7 N–H and O–H groups in total. The van der Waals surface area contributed by atoms with Crippen molar-refractivity contribution < 1.29 is 62.7 Å². The van der Waals surface area contributed by atoms with Crippen LogP contribution in [-0.2, 0) is 52.5 Å². The van der Waals surface area contributed by atoms with Crippen LogP contribution < -0.4 is 26.6 Å². The van der Waals surface area contributed by atoms with Crippen molar-refractivity contribution in [3.63, 3.8) is 0 Å². The maximum Gasteiger partial charge on any atom is 0.326 e. The minimum Gasteiger partial charge on any atom is -0.481 e. The summed E-state index contributed by atoms with van der Waals surface area (Å²) < 4.78 is 21.5. The molecule has 4 amide bonds. The van der Waals surface area contributed by atoms with Gasteiger partial charge in [0.25, 0.3) is 0 Å². The van der Waals surface area contributed by atoms with Crippen LogP contribution in [0.25, 0.3) is 0 Å². The second kappa shape index (κ2) is 40.2. The number of amides is 4. The van der Waals surface area contributed by atoms with Gasteiger partial charge in [0.05, 0.1) is 45.7 Å². The summed E-state index contributed by atoms with van der Waals surface area (Å²) in [4.78, 5) is 83.7. The maximum atomic E-state index is 12.9. The maximum absolute atomic E-state index is 12.9. The molecule has 2 atom stereocenters. The quantitative estimate of drug-likeness (QED) is 0.0366. The number of ether oxygens (including phenoxy) is 4. The third-order valence-electron chi connectivity index (χ3n) is 10.6. The number of carboxylic acid groups (broad SMARTS) is 2. The van der Waals surface area contributed by atoms with Crippen molar-refractivity contribution in [2.24, 2.45) is 5.41 Å². The zero-order chi connectivity index (χ0) is 50.2. The highest BCUT2D eigenvalue weighted by Gasteiger charge is 2.31. The van der Waals surface area contributed by atoms with Crippen LogP contribution in [0.2, 0.25) is 0 Å². The summed E-state index contributed by atoms with van der Waals surface area (Å²) in [5, 5.41) is 32.3. The Balaban J connectivity index is 3.75. The van der Waals surface area contributed by atoms with E-state index in [2.05, 4.69) is 26.6 Å². The van der Waals surface area contributed by atoms with Gasteiger partial charge in [-0.15, -0.1) is 0 Å². The van der Waals surface area contributed by atoms with Crippen LogP contribution >= 0.6 is 0 Å². The Morgan fingerprint density at radius 2 is 0.866 bits per heavy atom. The summed E-state index contributed by atoms with van der Waals surface area (Å²) in [6.07, 6.45) is 17.7. The summed E-state index contributed by atoms with van der Waals surface area (Å²) in [7, 11) is 0.